The van der Waals surface area contributed by atoms with E-state index in [9.17, 15) is 13.9 Å². The Kier molecular flexibility index (Phi) is 6.59. The molecule has 0 radical (unpaired) electrons. The van der Waals surface area contributed by atoms with E-state index in [1.165, 1.54) is 17.1 Å². The molecule has 0 atom stereocenters. The van der Waals surface area contributed by atoms with Crippen LogP contribution >= 0.6 is 22.9 Å². The number of fused-ring (bicyclic) bond motifs is 1. The number of halogens is 3. The standard InChI is InChI=1S/C26H19ClF2N6O3S/c27-15-3-1-14(2-4-15)20-12-18(17-6-5-16(28)11-19(17)29)22-23(30)24(39-26(22)31-20)25(36)32-21-13-35(33-38-21)34-7-9-37-10-8-34/h1-6,11-13H,7-10H2,(H2-,30,32,33,36). The van der Waals surface area contributed by atoms with E-state index in [1.807, 2.05) is 5.01 Å². The molecule has 0 unspecified atom stereocenters. The first-order valence-corrected chi connectivity index (χ1v) is 13.0. The average Bonchev–Trinajstić information content (AvgIpc) is 3.53. The zero-order chi connectivity index (χ0) is 27.1. The van der Waals surface area contributed by atoms with Crippen molar-refractivity contribution < 1.29 is 27.9 Å². The first kappa shape index (κ1) is 25.2. The Bertz CT molecular complexity index is 1720. The molecule has 9 nitrogen and oxygen atoms in total. The van der Waals surface area contributed by atoms with E-state index < -0.39 is 17.5 Å². The molecule has 0 aliphatic carbocycles. The van der Waals surface area contributed by atoms with Crippen molar-refractivity contribution in [2.45, 2.75) is 0 Å². The van der Waals surface area contributed by atoms with Gasteiger partial charge >= 0.3 is 5.88 Å². The molecule has 6 rings (SSSR count). The fraction of sp³-hybridized carbons (Fsp3) is 0.154. The molecule has 1 aliphatic heterocycles. The normalized spacial score (nSPS) is 14.3. The Balaban J connectivity index is 1.47. The first-order valence-electron chi connectivity index (χ1n) is 11.8. The lowest BCUT2D eigenvalue weighted by molar-refractivity contribution is -0.759. The van der Waals surface area contributed by atoms with Gasteiger partial charge in [-0.25, -0.2) is 18.8 Å². The second-order valence-electron chi connectivity index (χ2n) is 8.65. The van der Waals surface area contributed by atoms with Gasteiger partial charge in [-0.05, 0) is 35.9 Å². The maximum atomic E-state index is 15.0. The maximum absolute atomic E-state index is 15.0. The minimum absolute atomic E-state index is 0.0111. The molecule has 13 heteroatoms. The topological polar surface area (TPSA) is 117 Å². The lowest BCUT2D eigenvalue weighted by atomic mass is 9.99. The molecule has 198 valence electrons. The fourth-order valence-electron chi connectivity index (χ4n) is 4.29. The molecule has 0 spiro atoms. The van der Waals surface area contributed by atoms with Crippen LogP contribution in [-0.4, -0.2) is 42.5 Å². The summed E-state index contributed by atoms with van der Waals surface area (Å²) in [6.45, 7) is 2.31. The molecule has 1 fully saturated rings. The highest BCUT2D eigenvalue weighted by molar-refractivity contribution is 7.21. The summed E-state index contributed by atoms with van der Waals surface area (Å²) in [5.41, 5.74) is 8.21. The molecule has 1 saturated heterocycles. The van der Waals surface area contributed by atoms with Crippen LogP contribution in [0.1, 0.15) is 4.88 Å². The second-order valence-corrected chi connectivity index (χ2v) is 10.1. The molecule has 4 heterocycles. The highest BCUT2D eigenvalue weighted by Gasteiger charge is 2.24. The second kappa shape index (κ2) is 10.2. The highest BCUT2D eigenvalue weighted by Crippen LogP contribution is 2.42. The van der Waals surface area contributed by atoms with E-state index in [0.29, 0.717) is 58.4 Å². The van der Waals surface area contributed by atoms with Crippen LogP contribution in [0, 0.1) is 11.6 Å². The van der Waals surface area contributed by atoms with E-state index in [0.717, 1.165) is 23.5 Å². The number of thiophene rings is 1. The van der Waals surface area contributed by atoms with Gasteiger partial charge in [0.25, 0.3) is 6.20 Å². The molecule has 3 aromatic heterocycles. The number of hydrogen-bond donors (Lipinski definition) is 1. The molecule has 2 N–H and O–H groups in total. The van der Waals surface area contributed by atoms with Crippen LogP contribution in [0.5, 0.6) is 0 Å². The van der Waals surface area contributed by atoms with Crippen molar-refractivity contribution in [1.82, 2.24) is 10.3 Å². The predicted molar refractivity (Wildman–Crippen MR) is 141 cm³/mol. The van der Waals surface area contributed by atoms with Gasteiger partial charge in [0.2, 0.25) is 5.27 Å². The maximum Gasteiger partial charge on any atom is 0.324 e. The minimum Gasteiger partial charge on any atom is -0.857 e. The number of nitrogens with two attached hydrogens (primary N) is 1. The number of anilines is 1. The molecule has 0 bridgehead atoms. The number of benzene rings is 2. The molecular formula is C26H19ClF2N6O3S. The molecule has 2 aromatic carbocycles. The van der Waals surface area contributed by atoms with Crippen LogP contribution < -0.4 is 20.6 Å². The largest absolute Gasteiger partial charge is 0.857 e. The Hall–Kier alpha value is -4.13. The fourth-order valence-corrected chi connectivity index (χ4v) is 5.42. The third-order valence-electron chi connectivity index (χ3n) is 6.19. The number of hydrogen-bond acceptors (Lipinski definition) is 9. The van der Waals surface area contributed by atoms with Gasteiger partial charge in [-0.3, -0.25) is 4.52 Å². The van der Waals surface area contributed by atoms with Gasteiger partial charge in [-0.1, -0.05) is 23.7 Å². The quantitative estimate of drug-likeness (QED) is 0.195. The first-order chi connectivity index (χ1) is 18.9. The summed E-state index contributed by atoms with van der Waals surface area (Å²) in [5, 5.41) is 19.9. The predicted octanol–water partition coefficient (Wildman–Crippen LogP) is 3.83. The van der Waals surface area contributed by atoms with Gasteiger partial charge in [-0.2, -0.15) is 0 Å². The average molecular weight is 569 g/mol. The smallest absolute Gasteiger partial charge is 0.324 e. The Morgan fingerprint density at radius 2 is 1.87 bits per heavy atom. The number of nitrogen functional groups attached to an aromatic ring is 1. The highest BCUT2D eigenvalue weighted by atomic mass is 35.5. The molecule has 39 heavy (non-hydrogen) atoms. The third-order valence-corrected chi connectivity index (χ3v) is 7.53. The van der Waals surface area contributed by atoms with Crippen LogP contribution in [0.3, 0.4) is 0 Å². The van der Waals surface area contributed by atoms with Gasteiger partial charge in [0.1, 0.15) is 16.5 Å². The van der Waals surface area contributed by atoms with Gasteiger partial charge in [0, 0.05) is 33.5 Å². The lowest BCUT2D eigenvalue weighted by Crippen LogP contribution is -2.62. The van der Waals surface area contributed by atoms with Crippen LogP contribution in [0.15, 0.2) is 64.2 Å². The van der Waals surface area contributed by atoms with E-state index in [-0.39, 0.29) is 22.0 Å². The zero-order valence-electron chi connectivity index (χ0n) is 20.1. The third kappa shape index (κ3) is 4.89. The number of nitrogens with zero attached hydrogens (tertiary/aromatic N) is 5. The van der Waals surface area contributed by atoms with Crippen molar-refractivity contribution in [1.29, 1.82) is 0 Å². The summed E-state index contributed by atoms with van der Waals surface area (Å²) in [6, 6.07) is 11.9. The molecule has 0 amide bonds. The Morgan fingerprint density at radius 1 is 1.10 bits per heavy atom. The SMILES string of the molecule is Nc1c(/C([O-])=N\c2c[n+](N3CCOCC3)no2)sc2nc(-c3ccc(Cl)cc3)cc(-c3ccc(F)cc3F)c12. The number of morpholine rings is 1. The number of pyridine rings is 1. The number of ether oxygens (including phenoxy) is 1. The summed E-state index contributed by atoms with van der Waals surface area (Å²) in [5.74, 6) is -2.17. The van der Waals surface area contributed by atoms with Crippen LogP contribution in [0.25, 0.3) is 32.6 Å². The van der Waals surface area contributed by atoms with E-state index in [2.05, 4.69) is 10.3 Å². The molecule has 5 aromatic rings. The number of rotatable bonds is 5. The van der Waals surface area contributed by atoms with E-state index in [4.69, 9.17) is 31.6 Å². The summed E-state index contributed by atoms with van der Waals surface area (Å²) in [6.07, 6.45) is 1.49. The van der Waals surface area contributed by atoms with Crippen molar-refractivity contribution in [2.75, 3.05) is 37.0 Å². The van der Waals surface area contributed by atoms with Gasteiger partial charge in [-0.15, -0.1) is 16.3 Å². The summed E-state index contributed by atoms with van der Waals surface area (Å²) >= 11 is 7.06. The van der Waals surface area contributed by atoms with Crippen LogP contribution in [-0.2, 0) is 4.74 Å². The van der Waals surface area contributed by atoms with Crippen molar-refractivity contribution in [2.24, 2.45) is 4.99 Å². The van der Waals surface area contributed by atoms with E-state index in [1.54, 1.807) is 30.3 Å². The Morgan fingerprint density at radius 3 is 2.62 bits per heavy atom. The van der Waals surface area contributed by atoms with Gasteiger partial charge in [0.05, 0.1) is 47.4 Å². The summed E-state index contributed by atoms with van der Waals surface area (Å²) in [4.78, 5) is 10.7. The van der Waals surface area contributed by atoms with E-state index >= 15 is 0 Å². The van der Waals surface area contributed by atoms with Gasteiger partial charge in [0.15, 0.2) is 0 Å². The molecular weight excluding hydrogens is 550 g/mol. The molecule has 0 saturated carbocycles. The van der Waals surface area contributed by atoms with Crippen molar-refractivity contribution in [3.8, 4) is 22.4 Å². The minimum atomic E-state index is -0.776. The number of aliphatic imine (C=N–C) groups is 1. The van der Waals surface area contributed by atoms with Crippen LogP contribution in [0.2, 0.25) is 5.02 Å². The lowest BCUT2D eigenvalue weighted by Gasteiger charge is -2.18. The van der Waals surface area contributed by atoms with Gasteiger partial charge < -0.3 is 15.6 Å². The monoisotopic (exact) mass is 568 g/mol. The molecule has 1 aliphatic rings. The number of aromatic nitrogens is 3. The zero-order valence-corrected chi connectivity index (χ0v) is 21.7. The van der Waals surface area contributed by atoms with Crippen LogP contribution in [0.4, 0.5) is 20.4 Å². The summed E-state index contributed by atoms with van der Waals surface area (Å²) in [7, 11) is 0. The van der Waals surface area contributed by atoms with Crippen molar-refractivity contribution in [3.63, 3.8) is 0 Å². The van der Waals surface area contributed by atoms with Crippen molar-refractivity contribution >= 4 is 50.6 Å². The summed E-state index contributed by atoms with van der Waals surface area (Å²) < 4.78 is 39.2. The van der Waals surface area contributed by atoms with Crippen molar-refractivity contribution in [3.05, 3.63) is 76.3 Å². The Labute approximate surface area is 229 Å².